The van der Waals surface area contributed by atoms with Gasteiger partial charge in [0.15, 0.2) is 0 Å². The van der Waals surface area contributed by atoms with E-state index in [1.807, 2.05) is 24.3 Å². The topological polar surface area (TPSA) is 64.3 Å². The summed E-state index contributed by atoms with van der Waals surface area (Å²) in [5.41, 5.74) is 6.54. The van der Waals surface area contributed by atoms with Gasteiger partial charge in [-0.05, 0) is 36.6 Å². The molecule has 1 aromatic rings. The molecule has 0 spiro atoms. The summed E-state index contributed by atoms with van der Waals surface area (Å²) in [6.45, 7) is 4.77. The zero-order valence-electron chi connectivity index (χ0n) is 12.0. The zero-order valence-corrected chi connectivity index (χ0v) is 12.0. The van der Waals surface area contributed by atoms with E-state index in [0.717, 1.165) is 17.7 Å². The van der Waals surface area contributed by atoms with E-state index in [0.29, 0.717) is 18.9 Å². The monoisotopic (exact) mass is 264 g/mol. The highest BCUT2D eigenvalue weighted by Gasteiger charge is 2.15. The van der Waals surface area contributed by atoms with E-state index in [2.05, 4.69) is 19.2 Å². The number of nitrogens with two attached hydrogens (primary N) is 1. The van der Waals surface area contributed by atoms with Gasteiger partial charge in [-0.3, -0.25) is 4.79 Å². The van der Waals surface area contributed by atoms with Crippen LogP contribution in [-0.4, -0.2) is 25.6 Å². The molecule has 1 aromatic carbocycles. The van der Waals surface area contributed by atoms with Crippen molar-refractivity contribution in [3.05, 3.63) is 29.8 Å². The van der Waals surface area contributed by atoms with Crippen LogP contribution in [0.25, 0.3) is 0 Å². The molecule has 1 unspecified atom stereocenters. The maximum atomic E-state index is 12.0. The third-order valence-electron chi connectivity index (χ3n) is 3.15. The molecule has 0 aromatic heterocycles. The maximum absolute atomic E-state index is 12.0. The Morgan fingerprint density at radius 2 is 1.95 bits per heavy atom. The van der Waals surface area contributed by atoms with Crippen LogP contribution in [0, 0.1) is 5.92 Å². The summed E-state index contributed by atoms with van der Waals surface area (Å²) in [5, 5.41) is 3.04. The van der Waals surface area contributed by atoms with E-state index in [9.17, 15) is 4.79 Å². The largest absolute Gasteiger partial charge is 0.497 e. The molecule has 0 radical (unpaired) electrons. The van der Waals surface area contributed by atoms with E-state index >= 15 is 0 Å². The van der Waals surface area contributed by atoms with Crippen molar-refractivity contribution in [1.82, 2.24) is 5.32 Å². The number of hydrogen-bond acceptors (Lipinski definition) is 3. The molecule has 106 valence electrons. The number of hydrogen-bond donors (Lipinski definition) is 2. The summed E-state index contributed by atoms with van der Waals surface area (Å²) >= 11 is 0. The van der Waals surface area contributed by atoms with Crippen molar-refractivity contribution in [3.8, 4) is 5.75 Å². The molecule has 1 amide bonds. The first kappa shape index (κ1) is 15.5. The standard InChI is InChI=1S/C15H24N2O2/c1-11(2)14(8-9-16)17-15(18)10-12-4-6-13(19-3)7-5-12/h4-7,11,14H,8-10,16H2,1-3H3,(H,17,18). The quantitative estimate of drug-likeness (QED) is 0.788. The number of nitrogens with one attached hydrogen (secondary N) is 1. The Morgan fingerprint density at radius 1 is 1.32 bits per heavy atom. The molecule has 1 atom stereocenters. The van der Waals surface area contributed by atoms with Crippen LogP contribution in [0.15, 0.2) is 24.3 Å². The van der Waals surface area contributed by atoms with Crippen LogP contribution < -0.4 is 15.8 Å². The van der Waals surface area contributed by atoms with E-state index in [1.165, 1.54) is 0 Å². The molecule has 0 aliphatic heterocycles. The van der Waals surface area contributed by atoms with E-state index in [1.54, 1.807) is 7.11 Å². The number of methoxy groups -OCH3 is 1. The minimum atomic E-state index is 0.0392. The summed E-state index contributed by atoms with van der Waals surface area (Å²) in [7, 11) is 1.63. The highest BCUT2D eigenvalue weighted by atomic mass is 16.5. The van der Waals surface area contributed by atoms with Gasteiger partial charge in [-0.2, -0.15) is 0 Å². The lowest BCUT2D eigenvalue weighted by Gasteiger charge is -2.21. The predicted octanol–water partition coefficient (Wildman–Crippen LogP) is 1.73. The van der Waals surface area contributed by atoms with Crippen molar-refractivity contribution in [2.75, 3.05) is 13.7 Å². The molecule has 4 nitrogen and oxygen atoms in total. The van der Waals surface area contributed by atoms with Crippen LogP contribution in [0.2, 0.25) is 0 Å². The number of amides is 1. The summed E-state index contributed by atoms with van der Waals surface area (Å²) < 4.78 is 5.09. The van der Waals surface area contributed by atoms with Gasteiger partial charge in [-0.25, -0.2) is 0 Å². The second-order valence-corrected chi connectivity index (χ2v) is 5.02. The molecule has 0 aliphatic carbocycles. The number of rotatable bonds is 7. The fourth-order valence-corrected chi connectivity index (χ4v) is 1.94. The Hall–Kier alpha value is -1.55. The van der Waals surface area contributed by atoms with E-state index < -0.39 is 0 Å². The van der Waals surface area contributed by atoms with Crippen LogP contribution in [0.4, 0.5) is 0 Å². The molecule has 3 N–H and O–H groups in total. The molecular weight excluding hydrogens is 240 g/mol. The van der Waals surface area contributed by atoms with Crippen LogP contribution in [0.1, 0.15) is 25.8 Å². The van der Waals surface area contributed by atoms with Crippen LogP contribution in [0.5, 0.6) is 5.75 Å². The molecule has 19 heavy (non-hydrogen) atoms. The number of ether oxygens (including phenoxy) is 1. The predicted molar refractivity (Wildman–Crippen MR) is 77.1 cm³/mol. The molecule has 0 saturated heterocycles. The maximum Gasteiger partial charge on any atom is 0.224 e. The van der Waals surface area contributed by atoms with Crippen LogP contribution >= 0.6 is 0 Å². The average molecular weight is 264 g/mol. The lowest BCUT2D eigenvalue weighted by atomic mass is 10.0. The fourth-order valence-electron chi connectivity index (χ4n) is 1.94. The lowest BCUT2D eigenvalue weighted by Crippen LogP contribution is -2.40. The number of carbonyl (C=O) groups is 1. The summed E-state index contributed by atoms with van der Waals surface area (Å²) in [6.07, 6.45) is 1.20. The summed E-state index contributed by atoms with van der Waals surface area (Å²) in [6, 6.07) is 7.69. The van der Waals surface area contributed by atoms with Gasteiger partial charge in [-0.15, -0.1) is 0 Å². The van der Waals surface area contributed by atoms with Crippen LogP contribution in [0.3, 0.4) is 0 Å². The Labute approximate surface area is 115 Å². The first-order valence-electron chi connectivity index (χ1n) is 6.69. The van der Waals surface area contributed by atoms with Crippen molar-refractivity contribution < 1.29 is 9.53 Å². The fraction of sp³-hybridized carbons (Fsp3) is 0.533. The van der Waals surface area contributed by atoms with Crippen LogP contribution in [-0.2, 0) is 11.2 Å². The third kappa shape index (κ3) is 5.30. The smallest absolute Gasteiger partial charge is 0.224 e. The van der Waals surface area contributed by atoms with Crippen molar-refractivity contribution in [2.24, 2.45) is 11.7 Å². The van der Waals surface area contributed by atoms with Crippen molar-refractivity contribution >= 4 is 5.91 Å². The van der Waals surface area contributed by atoms with E-state index in [4.69, 9.17) is 10.5 Å². The van der Waals surface area contributed by atoms with Crippen molar-refractivity contribution in [3.63, 3.8) is 0 Å². The average Bonchev–Trinajstić information content (AvgIpc) is 2.39. The van der Waals surface area contributed by atoms with Crippen molar-refractivity contribution in [1.29, 1.82) is 0 Å². The molecule has 0 bridgehead atoms. The summed E-state index contributed by atoms with van der Waals surface area (Å²) in [5.74, 6) is 1.23. The minimum absolute atomic E-state index is 0.0392. The molecule has 0 heterocycles. The third-order valence-corrected chi connectivity index (χ3v) is 3.15. The normalized spacial score (nSPS) is 12.3. The Bertz CT molecular complexity index is 388. The summed E-state index contributed by atoms with van der Waals surface area (Å²) in [4.78, 5) is 12.0. The Balaban J connectivity index is 2.53. The molecule has 0 fully saturated rings. The molecule has 1 rings (SSSR count). The first-order valence-corrected chi connectivity index (χ1v) is 6.69. The second-order valence-electron chi connectivity index (χ2n) is 5.02. The van der Waals surface area contributed by atoms with Gasteiger partial charge in [0.05, 0.1) is 13.5 Å². The molecule has 0 saturated carbocycles. The molecule has 4 heteroatoms. The van der Waals surface area contributed by atoms with Gasteiger partial charge in [0.2, 0.25) is 5.91 Å². The Morgan fingerprint density at radius 3 is 2.42 bits per heavy atom. The molecule has 0 aliphatic rings. The van der Waals surface area contributed by atoms with E-state index in [-0.39, 0.29) is 11.9 Å². The molecular formula is C15H24N2O2. The highest BCUT2D eigenvalue weighted by Crippen LogP contribution is 2.12. The van der Waals surface area contributed by atoms with Gasteiger partial charge in [0.1, 0.15) is 5.75 Å². The Kier molecular flexibility index (Phi) is 6.36. The van der Waals surface area contributed by atoms with Gasteiger partial charge >= 0.3 is 0 Å². The first-order chi connectivity index (χ1) is 9.06. The van der Waals surface area contributed by atoms with Gasteiger partial charge in [0.25, 0.3) is 0 Å². The highest BCUT2D eigenvalue weighted by molar-refractivity contribution is 5.78. The number of carbonyl (C=O) groups excluding carboxylic acids is 1. The van der Waals surface area contributed by atoms with Gasteiger partial charge in [0, 0.05) is 6.04 Å². The SMILES string of the molecule is COc1ccc(CC(=O)NC(CCN)C(C)C)cc1. The van der Waals surface area contributed by atoms with Gasteiger partial charge < -0.3 is 15.8 Å². The number of benzene rings is 1. The lowest BCUT2D eigenvalue weighted by molar-refractivity contribution is -0.121. The van der Waals surface area contributed by atoms with Crippen molar-refractivity contribution in [2.45, 2.75) is 32.7 Å². The second kappa shape index (κ2) is 7.79. The zero-order chi connectivity index (χ0) is 14.3. The van der Waals surface area contributed by atoms with Gasteiger partial charge in [-0.1, -0.05) is 26.0 Å². The minimum Gasteiger partial charge on any atom is -0.497 e.